The second-order valence-corrected chi connectivity index (χ2v) is 2.90. The Morgan fingerprint density at radius 2 is 1.83 bits per heavy atom. The zero-order chi connectivity index (χ0) is 9.40. The Kier molecular flexibility index (Phi) is 7.39. The first-order valence-corrected chi connectivity index (χ1v) is 4.51. The molecule has 0 bridgehead atoms. The van der Waals surface area contributed by atoms with E-state index in [0.29, 0.717) is 6.54 Å². The van der Waals surface area contributed by atoms with Crippen LogP contribution in [-0.4, -0.2) is 49.3 Å². The van der Waals surface area contributed by atoms with Gasteiger partial charge in [0.05, 0.1) is 6.10 Å². The van der Waals surface area contributed by atoms with Crippen LogP contribution in [0.2, 0.25) is 0 Å². The van der Waals surface area contributed by atoms with Crippen LogP contribution in [0.4, 0.5) is 0 Å². The summed E-state index contributed by atoms with van der Waals surface area (Å²) in [5, 5.41) is 9.15. The lowest BCUT2D eigenvalue weighted by Crippen LogP contribution is -2.34. The van der Waals surface area contributed by atoms with Crippen LogP contribution in [-0.2, 0) is 0 Å². The van der Waals surface area contributed by atoms with Gasteiger partial charge < -0.3 is 21.5 Å². The molecule has 4 nitrogen and oxygen atoms in total. The van der Waals surface area contributed by atoms with Crippen LogP contribution in [0.1, 0.15) is 12.8 Å². The van der Waals surface area contributed by atoms with Gasteiger partial charge in [0.25, 0.3) is 0 Å². The predicted octanol–water partition coefficient (Wildman–Crippen LogP) is -1.02. The predicted molar refractivity (Wildman–Crippen MR) is 50.8 cm³/mol. The monoisotopic (exact) mass is 175 g/mol. The van der Waals surface area contributed by atoms with E-state index in [1.165, 1.54) is 19.9 Å². The summed E-state index contributed by atoms with van der Waals surface area (Å²) in [6, 6.07) is 0. The number of nitrogens with zero attached hydrogens (tertiary/aromatic N) is 1. The summed E-state index contributed by atoms with van der Waals surface area (Å²) in [6.07, 6.45) is 2.23. The van der Waals surface area contributed by atoms with Crippen molar-refractivity contribution in [1.82, 2.24) is 4.90 Å². The van der Waals surface area contributed by atoms with Gasteiger partial charge in [0, 0.05) is 13.1 Å². The lowest BCUT2D eigenvalue weighted by Gasteiger charge is -2.17. The Labute approximate surface area is 74.5 Å². The third-order valence-corrected chi connectivity index (χ3v) is 1.94. The van der Waals surface area contributed by atoms with Crippen LogP contribution in [0.5, 0.6) is 0 Å². The molecule has 1 rings (SSSR count). The molecule has 0 aromatic carbocycles. The van der Waals surface area contributed by atoms with Crippen LogP contribution >= 0.6 is 0 Å². The molecule has 0 spiro atoms. The summed E-state index contributed by atoms with van der Waals surface area (Å²) < 4.78 is 0. The maximum atomic E-state index is 9.15. The van der Waals surface area contributed by atoms with E-state index in [4.69, 9.17) is 10.8 Å². The number of aliphatic hydroxyl groups excluding tert-OH is 1. The van der Waals surface area contributed by atoms with E-state index in [-0.39, 0.29) is 6.10 Å². The fourth-order valence-corrected chi connectivity index (χ4v) is 1.34. The first kappa shape index (κ1) is 11.8. The van der Waals surface area contributed by atoms with Crippen molar-refractivity contribution < 1.29 is 5.11 Å². The van der Waals surface area contributed by atoms with Crippen LogP contribution < -0.4 is 11.5 Å². The van der Waals surface area contributed by atoms with Gasteiger partial charge in [-0.15, -0.1) is 0 Å². The molecule has 0 aromatic rings. The Balaban J connectivity index is 0.000000561. The fraction of sp³-hybridized carbons (Fsp3) is 1.00. The number of aliphatic hydroxyl groups is 1. The zero-order valence-corrected chi connectivity index (χ0v) is 7.87. The third kappa shape index (κ3) is 4.66. The molecule has 1 aliphatic heterocycles. The highest BCUT2D eigenvalue weighted by atomic mass is 16.3. The van der Waals surface area contributed by atoms with Gasteiger partial charge in [-0.3, -0.25) is 0 Å². The summed E-state index contributed by atoms with van der Waals surface area (Å²) in [4.78, 5) is 2.26. The first-order chi connectivity index (χ1) is 5.83. The minimum atomic E-state index is -0.321. The van der Waals surface area contributed by atoms with Crippen molar-refractivity contribution in [3.05, 3.63) is 0 Å². The van der Waals surface area contributed by atoms with Crippen molar-refractivity contribution in [3.8, 4) is 0 Å². The topological polar surface area (TPSA) is 75.5 Å². The standard InChI is InChI=1S/C7H16N2O.CH5N/c8-5-7(10)6-9-3-1-2-4-9;1-2/h7,10H,1-6,8H2;2H2,1H3. The highest BCUT2D eigenvalue weighted by Gasteiger charge is 2.13. The van der Waals surface area contributed by atoms with Crippen molar-refractivity contribution in [2.75, 3.05) is 33.2 Å². The number of rotatable bonds is 3. The molecule has 1 atom stereocenters. The van der Waals surface area contributed by atoms with Gasteiger partial charge in [-0.1, -0.05) is 0 Å². The Bertz CT molecular complexity index is 94.3. The lowest BCUT2D eigenvalue weighted by molar-refractivity contribution is 0.132. The van der Waals surface area contributed by atoms with Gasteiger partial charge in [0.2, 0.25) is 0 Å². The molecular weight excluding hydrogens is 154 g/mol. The molecule has 12 heavy (non-hydrogen) atoms. The van der Waals surface area contributed by atoms with Crippen LogP contribution in [0.25, 0.3) is 0 Å². The minimum absolute atomic E-state index is 0.321. The van der Waals surface area contributed by atoms with Gasteiger partial charge in [0.1, 0.15) is 0 Å². The molecule has 0 aliphatic carbocycles. The van der Waals surface area contributed by atoms with Crippen LogP contribution in [0.3, 0.4) is 0 Å². The largest absolute Gasteiger partial charge is 0.390 e. The Morgan fingerprint density at radius 3 is 2.25 bits per heavy atom. The minimum Gasteiger partial charge on any atom is -0.390 e. The Morgan fingerprint density at radius 1 is 1.33 bits per heavy atom. The van der Waals surface area contributed by atoms with E-state index < -0.39 is 0 Å². The van der Waals surface area contributed by atoms with Crippen molar-refractivity contribution >= 4 is 0 Å². The van der Waals surface area contributed by atoms with Gasteiger partial charge in [-0.25, -0.2) is 0 Å². The van der Waals surface area contributed by atoms with E-state index in [2.05, 4.69) is 10.6 Å². The van der Waals surface area contributed by atoms with Gasteiger partial charge in [-0.05, 0) is 33.0 Å². The highest BCUT2D eigenvalue weighted by molar-refractivity contribution is 4.70. The number of hydrogen-bond acceptors (Lipinski definition) is 4. The van der Waals surface area contributed by atoms with Crippen molar-refractivity contribution in [3.63, 3.8) is 0 Å². The molecule has 0 radical (unpaired) electrons. The zero-order valence-electron chi connectivity index (χ0n) is 7.87. The molecule has 1 aliphatic rings. The quantitative estimate of drug-likeness (QED) is 0.513. The van der Waals surface area contributed by atoms with Gasteiger partial charge >= 0.3 is 0 Å². The molecule has 74 valence electrons. The molecule has 1 heterocycles. The van der Waals surface area contributed by atoms with Crippen molar-refractivity contribution in [2.24, 2.45) is 11.5 Å². The molecule has 1 unspecified atom stereocenters. The fourth-order valence-electron chi connectivity index (χ4n) is 1.34. The second-order valence-electron chi connectivity index (χ2n) is 2.90. The molecule has 1 fully saturated rings. The maximum absolute atomic E-state index is 9.15. The van der Waals surface area contributed by atoms with E-state index in [0.717, 1.165) is 19.6 Å². The third-order valence-electron chi connectivity index (χ3n) is 1.94. The summed E-state index contributed by atoms with van der Waals surface area (Å²) in [5.41, 5.74) is 9.77. The van der Waals surface area contributed by atoms with Crippen LogP contribution in [0.15, 0.2) is 0 Å². The number of likely N-dealkylation sites (tertiary alicyclic amines) is 1. The molecule has 0 aromatic heterocycles. The maximum Gasteiger partial charge on any atom is 0.0789 e. The summed E-state index contributed by atoms with van der Waals surface area (Å²) in [6.45, 7) is 3.42. The highest BCUT2D eigenvalue weighted by Crippen LogP contribution is 2.06. The number of hydrogen-bond donors (Lipinski definition) is 3. The first-order valence-electron chi connectivity index (χ1n) is 4.51. The number of nitrogens with two attached hydrogens (primary N) is 2. The van der Waals surface area contributed by atoms with Crippen LogP contribution in [0, 0.1) is 0 Å². The van der Waals surface area contributed by atoms with E-state index in [9.17, 15) is 0 Å². The molecule has 0 amide bonds. The van der Waals surface area contributed by atoms with Crippen molar-refractivity contribution in [2.45, 2.75) is 18.9 Å². The molecule has 4 heteroatoms. The van der Waals surface area contributed by atoms with Gasteiger partial charge in [-0.2, -0.15) is 0 Å². The second kappa shape index (κ2) is 7.49. The van der Waals surface area contributed by atoms with Crippen molar-refractivity contribution in [1.29, 1.82) is 0 Å². The summed E-state index contributed by atoms with van der Waals surface area (Å²) in [7, 11) is 1.50. The normalized spacial score (nSPS) is 20.0. The van der Waals surface area contributed by atoms with E-state index in [1.807, 2.05) is 0 Å². The average Bonchev–Trinajstić information content (AvgIpc) is 2.60. The number of β-amino-alcohol motifs (C(OH)–C–C–N with tert-alkyl or cyclic N) is 1. The molecule has 0 saturated carbocycles. The average molecular weight is 175 g/mol. The lowest BCUT2D eigenvalue weighted by atomic mass is 10.3. The Hall–Kier alpha value is -0.160. The molecule has 5 N–H and O–H groups in total. The SMILES string of the molecule is CN.NCC(O)CN1CCCC1. The van der Waals surface area contributed by atoms with E-state index >= 15 is 0 Å². The molecular formula is C8H21N3O. The van der Waals surface area contributed by atoms with Gasteiger partial charge in [0.15, 0.2) is 0 Å². The summed E-state index contributed by atoms with van der Waals surface area (Å²) >= 11 is 0. The smallest absolute Gasteiger partial charge is 0.0789 e. The summed E-state index contributed by atoms with van der Waals surface area (Å²) in [5.74, 6) is 0. The molecule has 1 saturated heterocycles. The van der Waals surface area contributed by atoms with E-state index in [1.54, 1.807) is 0 Å².